The van der Waals surface area contributed by atoms with Gasteiger partial charge in [0.15, 0.2) is 5.82 Å². The molecule has 1 saturated carbocycles. The monoisotopic (exact) mass is 261 g/mol. The van der Waals surface area contributed by atoms with Crippen LogP contribution < -0.4 is 0 Å². The third-order valence-corrected chi connectivity index (χ3v) is 3.92. The number of hydrogen-bond donors (Lipinski definition) is 0. The molecular formula is C15H23N3O. The summed E-state index contributed by atoms with van der Waals surface area (Å²) in [4.78, 5) is 4.54. The summed E-state index contributed by atoms with van der Waals surface area (Å²) >= 11 is 0. The maximum atomic E-state index is 8.66. The fourth-order valence-electron chi connectivity index (χ4n) is 2.76. The molecule has 4 nitrogen and oxygen atoms in total. The minimum absolute atomic E-state index is 0.288. The first kappa shape index (κ1) is 14.0. The average Bonchev–Trinajstić information content (AvgIpc) is 2.77. The molecule has 0 aliphatic heterocycles. The molecule has 0 spiro atoms. The number of nitriles is 1. The Morgan fingerprint density at radius 1 is 1.26 bits per heavy atom. The van der Waals surface area contributed by atoms with Gasteiger partial charge in [-0.15, -0.1) is 0 Å². The summed E-state index contributed by atoms with van der Waals surface area (Å²) in [5, 5.41) is 12.8. The summed E-state index contributed by atoms with van der Waals surface area (Å²) in [6.07, 6.45) is 10.2. The summed E-state index contributed by atoms with van der Waals surface area (Å²) in [5.41, 5.74) is 0. The second-order valence-corrected chi connectivity index (χ2v) is 5.76. The topological polar surface area (TPSA) is 62.7 Å². The molecule has 0 N–H and O–H groups in total. The first-order chi connectivity index (χ1) is 9.29. The normalized spacial score (nSPS) is 19.4. The van der Waals surface area contributed by atoms with E-state index in [4.69, 9.17) is 9.78 Å². The van der Waals surface area contributed by atoms with Crippen LogP contribution in [0, 0.1) is 17.2 Å². The van der Waals surface area contributed by atoms with Crippen LogP contribution in [0.2, 0.25) is 0 Å². The van der Waals surface area contributed by atoms with Gasteiger partial charge in [-0.05, 0) is 18.8 Å². The maximum Gasteiger partial charge on any atom is 0.226 e. The molecule has 0 radical (unpaired) electrons. The highest BCUT2D eigenvalue weighted by Crippen LogP contribution is 2.29. The van der Waals surface area contributed by atoms with E-state index in [2.05, 4.69) is 16.2 Å². The van der Waals surface area contributed by atoms with Crippen LogP contribution in [0.1, 0.15) is 75.9 Å². The standard InChI is InChI=1S/C15H23N3O/c1-12(9-10-16)11-14-17-15(18-19-14)13-7-5-3-2-4-6-8-13/h12-13H,2-9,11H2,1H3. The van der Waals surface area contributed by atoms with Gasteiger partial charge in [0.25, 0.3) is 0 Å². The first-order valence-electron chi connectivity index (χ1n) is 7.49. The van der Waals surface area contributed by atoms with E-state index >= 15 is 0 Å². The molecule has 1 aromatic heterocycles. The highest BCUT2D eigenvalue weighted by molar-refractivity contribution is 4.97. The maximum absolute atomic E-state index is 8.66. The Balaban J connectivity index is 1.93. The van der Waals surface area contributed by atoms with Gasteiger partial charge in [-0.1, -0.05) is 44.2 Å². The minimum atomic E-state index is 0.288. The van der Waals surface area contributed by atoms with Gasteiger partial charge in [-0.3, -0.25) is 0 Å². The molecule has 0 saturated heterocycles. The number of hydrogen-bond acceptors (Lipinski definition) is 4. The van der Waals surface area contributed by atoms with Crippen molar-refractivity contribution in [2.45, 2.75) is 70.6 Å². The van der Waals surface area contributed by atoms with Crippen molar-refractivity contribution < 1.29 is 4.52 Å². The molecule has 1 unspecified atom stereocenters. The molecule has 4 heteroatoms. The third-order valence-electron chi connectivity index (χ3n) is 3.92. The molecule has 1 aliphatic carbocycles. The molecule has 1 aromatic rings. The zero-order valence-electron chi connectivity index (χ0n) is 11.8. The Labute approximate surface area is 115 Å². The third kappa shape index (κ3) is 4.34. The molecule has 1 aliphatic rings. The average molecular weight is 261 g/mol. The largest absolute Gasteiger partial charge is 0.339 e. The molecule has 0 amide bonds. The van der Waals surface area contributed by atoms with Gasteiger partial charge in [0.2, 0.25) is 5.89 Å². The molecule has 0 aromatic carbocycles. The van der Waals surface area contributed by atoms with Crippen molar-refractivity contribution >= 4 is 0 Å². The second kappa shape index (κ2) is 7.28. The van der Waals surface area contributed by atoms with Crippen LogP contribution in [0.3, 0.4) is 0 Å². The zero-order valence-corrected chi connectivity index (χ0v) is 11.8. The molecule has 0 bridgehead atoms. The van der Waals surface area contributed by atoms with Crippen molar-refractivity contribution in [2.24, 2.45) is 5.92 Å². The molecule has 1 fully saturated rings. The Morgan fingerprint density at radius 2 is 1.95 bits per heavy atom. The summed E-state index contributed by atoms with van der Waals surface area (Å²) < 4.78 is 5.34. The van der Waals surface area contributed by atoms with E-state index in [0.29, 0.717) is 24.7 Å². The van der Waals surface area contributed by atoms with Crippen molar-refractivity contribution in [3.63, 3.8) is 0 Å². The van der Waals surface area contributed by atoms with E-state index < -0.39 is 0 Å². The fourth-order valence-corrected chi connectivity index (χ4v) is 2.76. The number of aromatic nitrogens is 2. The van der Waals surface area contributed by atoms with Gasteiger partial charge in [-0.2, -0.15) is 10.2 Å². The molecular weight excluding hydrogens is 238 g/mol. The van der Waals surface area contributed by atoms with Gasteiger partial charge in [0.05, 0.1) is 6.07 Å². The van der Waals surface area contributed by atoms with Crippen molar-refractivity contribution in [1.82, 2.24) is 10.1 Å². The van der Waals surface area contributed by atoms with Crippen LogP contribution in [0.25, 0.3) is 0 Å². The van der Waals surface area contributed by atoms with Crippen LogP contribution in [-0.4, -0.2) is 10.1 Å². The van der Waals surface area contributed by atoms with Crippen LogP contribution in [0.15, 0.2) is 4.52 Å². The molecule has 2 rings (SSSR count). The van der Waals surface area contributed by atoms with Crippen LogP contribution >= 0.6 is 0 Å². The Hall–Kier alpha value is -1.37. The van der Waals surface area contributed by atoms with Gasteiger partial charge in [0.1, 0.15) is 0 Å². The second-order valence-electron chi connectivity index (χ2n) is 5.76. The van der Waals surface area contributed by atoms with E-state index in [1.54, 1.807) is 0 Å². The predicted molar refractivity (Wildman–Crippen MR) is 72.5 cm³/mol. The first-order valence-corrected chi connectivity index (χ1v) is 7.49. The lowest BCUT2D eigenvalue weighted by molar-refractivity contribution is 0.347. The molecule has 1 atom stereocenters. The van der Waals surface area contributed by atoms with Gasteiger partial charge < -0.3 is 4.52 Å². The van der Waals surface area contributed by atoms with Crippen LogP contribution in [-0.2, 0) is 6.42 Å². The van der Waals surface area contributed by atoms with Gasteiger partial charge in [0, 0.05) is 18.8 Å². The SMILES string of the molecule is CC(CC#N)Cc1nc(C2CCCCCCC2)no1. The lowest BCUT2D eigenvalue weighted by Gasteiger charge is -2.15. The molecule has 1 heterocycles. The lowest BCUT2D eigenvalue weighted by Crippen LogP contribution is -2.05. The number of rotatable bonds is 4. The molecule has 104 valence electrons. The predicted octanol–water partition coefficient (Wildman–Crippen LogP) is 3.99. The van der Waals surface area contributed by atoms with Crippen molar-refractivity contribution in [1.29, 1.82) is 5.26 Å². The summed E-state index contributed by atoms with van der Waals surface area (Å²) in [6, 6.07) is 2.18. The lowest BCUT2D eigenvalue weighted by atomic mass is 9.91. The van der Waals surface area contributed by atoms with E-state index in [0.717, 1.165) is 5.82 Å². The van der Waals surface area contributed by atoms with Gasteiger partial charge >= 0.3 is 0 Å². The fraction of sp³-hybridized carbons (Fsp3) is 0.800. The van der Waals surface area contributed by atoms with E-state index in [1.165, 1.54) is 44.9 Å². The summed E-state index contributed by atoms with van der Waals surface area (Å²) in [5.74, 6) is 2.35. The minimum Gasteiger partial charge on any atom is -0.339 e. The number of nitrogens with zero attached hydrogens (tertiary/aromatic N) is 3. The van der Waals surface area contributed by atoms with E-state index in [-0.39, 0.29) is 5.92 Å². The van der Waals surface area contributed by atoms with Crippen molar-refractivity contribution in [3.05, 3.63) is 11.7 Å². The zero-order chi connectivity index (χ0) is 13.5. The van der Waals surface area contributed by atoms with E-state index in [9.17, 15) is 0 Å². The summed E-state index contributed by atoms with van der Waals surface area (Å²) in [7, 11) is 0. The van der Waals surface area contributed by atoms with Crippen molar-refractivity contribution in [3.8, 4) is 6.07 Å². The van der Waals surface area contributed by atoms with Crippen LogP contribution in [0.5, 0.6) is 0 Å². The highest BCUT2D eigenvalue weighted by Gasteiger charge is 2.20. The van der Waals surface area contributed by atoms with Crippen molar-refractivity contribution in [2.75, 3.05) is 0 Å². The van der Waals surface area contributed by atoms with Crippen LogP contribution in [0.4, 0.5) is 0 Å². The smallest absolute Gasteiger partial charge is 0.226 e. The Bertz CT molecular complexity index is 413. The Morgan fingerprint density at radius 3 is 2.63 bits per heavy atom. The highest BCUT2D eigenvalue weighted by atomic mass is 16.5. The van der Waals surface area contributed by atoms with E-state index in [1.807, 2.05) is 6.92 Å². The summed E-state index contributed by atoms with van der Waals surface area (Å²) in [6.45, 7) is 2.04. The van der Waals surface area contributed by atoms with Gasteiger partial charge in [-0.25, -0.2) is 0 Å². The quantitative estimate of drug-likeness (QED) is 0.822. The Kier molecular flexibility index (Phi) is 5.38. The molecule has 19 heavy (non-hydrogen) atoms.